The Morgan fingerprint density at radius 3 is 2.54 bits per heavy atom. The van der Waals surface area contributed by atoms with Crippen molar-refractivity contribution in [1.29, 1.82) is 5.26 Å². The van der Waals surface area contributed by atoms with Crippen molar-refractivity contribution in [2.24, 2.45) is 0 Å². The van der Waals surface area contributed by atoms with Gasteiger partial charge in [0.25, 0.3) is 0 Å². The molecule has 8 heteroatoms. The van der Waals surface area contributed by atoms with Gasteiger partial charge >= 0.3 is 0 Å². The predicted molar refractivity (Wildman–Crippen MR) is 108 cm³/mol. The Morgan fingerprint density at radius 2 is 1.86 bits per heavy atom. The molecule has 142 valence electrons. The number of thioether (sulfide) groups is 1. The Bertz CT molecular complexity index is 975. The molecule has 0 aliphatic heterocycles. The third-order valence-corrected chi connectivity index (χ3v) is 5.14. The summed E-state index contributed by atoms with van der Waals surface area (Å²) in [5, 5.41) is 21.4. The van der Waals surface area contributed by atoms with Crippen LogP contribution in [0.15, 0.2) is 53.7 Å². The van der Waals surface area contributed by atoms with Gasteiger partial charge in [-0.05, 0) is 47.5 Å². The fourth-order valence-corrected chi connectivity index (χ4v) is 3.67. The molecule has 7 nitrogen and oxygen atoms in total. The molecule has 3 rings (SSSR count). The summed E-state index contributed by atoms with van der Waals surface area (Å²) in [4.78, 5) is 14.5. The van der Waals surface area contributed by atoms with Gasteiger partial charge in [-0.3, -0.25) is 4.79 Å². The van der Waals surface area contributed by atoms with Crippen LogP contribution in [0.25, 0.3) is 5.69 Å². The zero-order valence-electron chi connectivity index (χ0n) is 15.7. The molecule has 3 aromatic rings. The van der Waals surface area contributed by atoms with Gasteiger partial charge in [-0.15, -0.1) is 5.10 Å². The normalized spacial score (nSPS) is 10.5. The fraction of sp³-hybridized carbons (Fsp3) is 0.250. The van der Waals surface area contributed by atoms with Crippen LogP contribution in [-0.2, 0) is 4.79 Å². The topological polar surface area (TPSA) is 87.7 Å². The summed E-state index contributed by atoms with van der Waals surface area (Å²) in [5.41, 5.74) is 3.81. The molecule has 0 N–H and O–H groups in total. The van der Waals surface area contributed by atoms with Crippen molar-refractivity contribution >= 4 is 23.4 Å². The molecule has 0 fully saturated rings. The van der Waals surface area contributed by atoms with Gasteiger partial charge in [0.1, 0.15) is 0 Å². The van der Waals surface area contributed by atoms with Crippen molar-refractivity contribution in [3.05, 3.63) is 59.7 Å². The monoisotopic (exact) mass is 392 g/mol. The minimum Gasteiger partial charge on any atom is -0.311 e. The molecule has 1 aromatic heterocycles. The average molecular weight is 392 g/mol. The lowest BCUT2D eigenvalue weighted by Gasteiger charge is -2.21. The molecule has 0 saturated heterocycles. The summed E-state index contributed by atoms with van der Waals surface area (Å²) in [6, 6.07) is 17.5. The highest BCUT2D eigenvalue weighted by atomic mass is 32.2. The summed E-state index contributed by atoms with van der Waals surface area (Å²) in [6.45, 7) is 4.35. The van der Waals surface area contributed by atoms with E-state index in [1.54, 1.807) is 9.58 Å². The van der Waals surface area contributed by atoms with Crippen molar-refractivity contribution < 1.29 is 4.79 Å². The van der Waals surface area contributed by atoms with Crippen LogP contribution < -0.4 is 4.90 Å². The number of carbonyl (C=O) groups is 1. The number of tetrazole rings is 1. The molecule has 0 saturated carbocycles. The smallest absolute Gasteiger partial charge is 0.237 e. The number of nitriles is 1. The van der Waals surface area contributed by atoms with Gasteiger partial charge < -0.3 is 4.90 Å². The lowest BCUT2D eigenvalue weighted by molar-refractivity contribution is -0.116. The van der Waals surface area contributed by atoms with Gasteiger partial charge in [-0.25, -0.2) is 0 Å². The molecule has 0 aliphatic rings. The van der Waals surface area contributed by atoms with E-state index in [-0.39, 0.29) is 18.1 Å². The molecule has 0 aliphatic carbocycles. The van der Waals surface area contributed by atoms with E-state index in [0.717, 1.165) is 22.5 Å². The number of benzene rings is 2. The largest absolute Gasteiger partial charge is 0.311 e. The molecule has 1 heterocycles. The van der Waals surface area contributed by atoms with E-state index in [4.69, 9.17) is 5.26 Å². The Labute approximate surface area is 168 Å². The average Bonchev–Trinajstić information content (AvgIpc) is 3.15. The fourth-order valence-electron chi connectivity index (χ4n) is 2.92. The van der Waals surface area contributed by atoms with Crippen molar-refractivity contribution in [3.63, 3.8) is 0 Å². The zero-order valence-corrected chi connectivity index (χ0v) is 16.6. The lowest BCUT2D eigenvalue weighted by Crippen LogP contribution is -2.33. The second-order valence-corrected chi connectivity index (χ2v) is 7.13. The molecule has 2 aromatic carbocycles. The number of rotatable bonds is 7. The van der Waals surface area contributed by atoms with E-state index in [2.05, 4.69) is 21.6 Å². The summed E-state index contributed by atoms with van der Waals surface area (Å²) < 4.78 is 1.67. The van der Waals surface area contributed by atoms with Gasteiger partial charge in [0.05, 0.1) is 23.9 Å². The molecule has 1 amide bonds. The van der Waals surface area contributed by atoms with E-state index in [1.807, 2.05) is 62.4 Å². The maximum Gasteiger partial charge on any atom is 0.237 e. The molecular formula is C20H20N6OS. The second kappa shape index (κ2) is 9.15. The van der Waals surface area contributed by atoms with E-state index < -0.39 is 0 Å². The first-order valence-electron chi connectivity index (χ1n) is 8.82. The Kier molecular flexibility index (Phi) is 6.40. The summed E-state index contributed by atoms with van der Waals surface area (Å²) >= 11 is 1.28. The minimum absolute atomic E-state index is 0.0949. The van der Waals surface area contributed by atoms with Crippen LogP contribution in [0.5, 0.6) is 0 Å². The number of para-hydroxylation sites is 2. The molecule has 0 unspecified atom stereocenters. The van der Waals surface area contributed by atoms with Crippen LogP contribution in [0.3, 0.4) is 0 Å². The predicted octanol–water partition coefficient (Wildman–Crippen LogP) is 3.32. The molecule has 0 radical (unpaired) electrons. The first-order valence-corrected chi connectivity index (χ1v) is 9.80. The van der Waals surface area contributed by atoms with Gasteiger partial charge in [-0.1, -0.05) is 48.2 Å². The number of aromatic nitrogens is 4. The highest BCUT2D eigenvalue weighted by molar-refractivity contribution is 7.99. The maximum absolute atomic E-state index is 12.8. The summed E-state index contributed by atoms with van der Waals surface area (Å²) in [7, 11) is 0. The van der Waals surface area contributed by atoms with Crippen LogP contribution >= 0.6 is 11.8 Å². The Hall–Kier alpha value is -3.18. The van der Waals surface area contributed by atoms with Crippen LogP contribution in [0.2, 0.25) is 0 Å². The van der Waals surface area contributed by atoms with Crippen molar-refractivity contribution in [2.45, 2.75) is 25.4 Å². The molecule has 0 bridgehead atoms. The van der Waals surface area contributed by atoms with Crippen molar-refractivity contribution in [1.82, 2.24) is 20.2 Å². The standard InChI is InChI=1S/C20H20N6OS/c1-15-8-6-9-16(2)19(15)26-20(22-23-24-26)28-14-18(27)25(13-7-12-21)17-10-4-3-5-11-17/h3-6,8-11H,7,13-14H2,1-2H3. The number of hydrogen-bond acceptors (Lipinski definition) is 6. The summed E-state index contributed by atoms with van der Waals surface area (Å²) in [5.74, 6) is 0.0773. The quantitative estimate of drug-likeness (QED) is 0.573. The first kappa shape index (κ1) is 19.6. The molecule has 28 heavy (non-hydrogen) atoms. The number of carbonyl (C=O) groups excluding carboxylic acids is 1. The van der Waals surface area contributed by atoms with Crippen molar-refractivity contribution in [2.75, 3.05) is 17.2 Å². The lowest BCUT2D eigenvalue weighted by atomic mass is 10.1. The van der Waals surface area contributed by atoms with E-state index in [0.29, 0.717) is 11.7 Å². The number of amides is 1. The van der Waals surface area contributed by atoms with E-state index in [1.165, 1.54) is 11.8 Å². The number of aryl methyl sites for hydroxylation is 2. The van der Waals surface area contributed by atoms with Crippen LogP contribution in [0.4, 0.5) is 5.69 Å². The van der Waals surface area contributed by atoms with Gasteiger partial charge in [0.2, 0.25) is 11.1 Å². The van der Waals surface area contributed by atoms with E-state index in [9.17, 15) is 4.79 Å². The number of anilines is 1. The zero-order chi connectivity index (χ0) is 19.9. The second-order valence-electron chi connectivity index (χ2n) is 6.19. The third-order valence-electron chi connectivity index (χ3n) is 4.23. The minimum atomic E-state index is -0.0949. The molecule has 0 spiro atoms. The number of nitrogens with zero attached hydrogens (tertiary/aromatic N) is 6. The van der Waals surface area contributed by atoms with Crippen LogP contribution in [0, 0.1) is 25.2 Å². The van der Waals surface area contributed by atoms with Gasteiger partial charge in [0, 0.05) is 12.2 Å². The number of hydrogen-bond donors (Lipinski definition) is 0. The highest BCUT2D eigenvalue weighted by Gasteiger charge is 2.19. The van der Waals surface area contributed by atoms with Crippen LogP contribution in [0.1, 0.15) is 17.5 Å². The van der Waals surface area contributed by atoms with Gasteiger partial charge in [0.15, 0.2) is 0 Å². The Morgan fingerprint density at radius 1 is 1.14 bits per heavy atom. The highest BCUT2D eigenvalue weighted by Crippen LogP contribution is 2.24. The third kappa shape index (κ3) is 4.38. The van der Waals surface area contributed by atoms with E-state index >= 15 is 0 Å². The molecule has 0 atom stereocenters. The van der Waals surface area contributed by atoms with Crippen LogP contribution in [-0.4, -0.2) is 38.4 Å². The van der Waals surface area contributed by atoms with Crippen molar-refractivity contribution in [3.8, 4) is 11.8 Å². The molecular weight excluding hydrogens is 372 g/mol. The Balaban J connectivity index is 1.78. The van der Waals surface area contributed by atoms with Gasteiger partial charge in [-0.2, -0.15) is 9.94 Å². The maximum atomic E-state index is 12.8. The SMILES string of the molecule is Cc1cccc(C)c1-n1nnnc1SCC(=O)N(CCC#N)c1ccccc1. The summed E-state index contributed by atoms with van der Waals surface area (Å²) in [6.07, 6.45) is 0.269. The first-order chi connectivity index (χ1) is 13.6.